The van der Waals surface area contributed by atoms with E-state index >= 15 is 0 Å². The van der Waals surface area contributed by atoms with Crippen LogP contribution in [0.4, 0.5) is 0 Å². The Kier molecular flexibility index (Phi) is 4.85. The standard InChI is InChI=1S/C22H26N2O4/c1-3-8-18-16-12-7-9-14(2)19(16)24-20(25)17(13-15-10-5-4-6-11-15)23-21(26)22(24,27)28-18/h3-6,8,10-11,13-14,16,18-19,27H,7,9,12H2,1-2H3,(H,23,26)/b8-3+,17-13-/t14-,16+,18+,19+,22+/m1/s1. The molecular weight excluding hydrogens is 356 g/mol. The van der Waals surface area contributed by atoms with Crippen molar-refractivity contribution in [1.29, 1.82) is 0 Å². The second-order valence-electron chi connectivity index (χ2n) is 7.88. The molecule has 0 radical (unpaired) electrons. The highest BCUT2D eigenvalue weighted by Crippen LogP contribution is 2.45. The zero-order chi connectivity index (χ0) is 19.9. The maximum Gasteiger partial charge on any atom is 0.337 e. The van der Waals surface area contributed by atoms with Crippen molar-refractivity contribution in [3.05, 3.63) is 53.7 Å². The fourth-order valence-electron chi connectivity index (χ4n) is 4.79. The summed E-state index contributed by atoms with van der Waals surface area (Å²) in [5.41, 5.74) is 0.958. The first-order valence-corrected chi connectivity index (χ1v) is 9.90. The number of carbonyl (C=O) groups is 2. The molecular formula is C22H26N2O4. The van der Waals surface area contributed by atoms with Crippen LogP contribution in [0.2, 0.25) is 0 Å². The molecule has 2 aliphatic heterocycles. The Morgan fingerprint density at radius 2 is 2.00 bits per heavy atom. The van der Waals surface area contributed by atoms with Gasteiger partial charge in [0.05, 0.1) is 6.10 Å². The monoisotopic (exact) mass is 382 g/mol. The summed E-state index contributed by atoms with van der Waals surface area (Å²) >= 11 is 0. The summed E-state index contributed by atoms with van der Waals surface area (Å²) in [5, 5.41) is 13.7. The predicted octanol–water partition coefficient (Wildman–Crippen LogP) is 2.41. The average molecular weight is 382 g/mol. The Morgan fingerprint density at radius 1 is 1.25 bits per heavy atom. The molecule has 5 atom stereocenters. The van der Waals surface area contributed by atoms with E-state index in [-0.39, 0.29) is 23.6 Å². The van der Waals surface area contributed by atoms with E-state index in [2.05, 4.69) is 12.2 Å². The van der Waals surface area contributed by atoms with Gasteiger partial charge in [-0.05, 0) is 37.3 Å². The van der Waals surface area contributed by atoms with Gasteiger partial charge in [-0.15, -0.1) is 0 Å². The lowest BCUT2D eigenvalue weighted by Crippen LogP contribution is -2.76. The summed E-state index contributed by atoms with van der Waals surface area (Å²) in [6.07, 6.45) is 7.85. The third kappa shape index (κ3) is 2.97. The Hall–Kier alpha value is -2.44. The van der Waals surface area contributed by atoms with E-state index in [0.29, 0.717) is 0 Å². The second kappa shape index (κ2) is 7.18. The number of carbonyl (C=O) groups excluding carboxylic acids is 2. The number of ether oxygens (including phenoxy) is 1. The van der Waals surface area contributed by atoms with Crippen molar-refractivity contribution in [2.75, 3.05) is 0 Å². The van der Waals surface area contributed by atoms with Crippen LogP contribution in [0, 0.1) is 11.8 Å². The van der Waals surface area contributed by atoms with Gasteiger partial charge in [0, 0.05) is 12.0 Å². The first kappa shape index (κ1) is 18.9. The van der Waals surface area contributed by atoms with Crippen LogP contribution < -0.4 is 5.32 Å². The number of piperazine rings is 1. The Bertz CT molecular complexity index is 834. The van der Waals surface area contributed by atoms with Gasteiger partial charge in [-0.1, -0.05) is 55.8 Å². The molecule has 148 valence electrons. The van der Waals surface area contributed by atoms with E-state index in [1.807, 2.05) is 49.4 Å². The molecule has 4 rings (SSSR count). The van der Waals surface area contributed by atoms with Gasteiger partial charge in [-0.25, -0.2) is 0 Å². The molecule has 0 aromatic heterocycles. The molecule has 6 nitrogen and oxygen atoms in total. The minimum Gasteiger partial charge on any atom is -0.341 e. The lowest BCUT2D eigenvalue weighted by atomic mass is 9.72. The number of aliphatic hydroxyl groups is 1. The predicted molar refractivity (Wildman–Crippen MR) is 104 cm³/mol. The van der Waals surface area contributed by atoms with Crippen molar-refractivity contribution < 1.29 is 19.4 Å². The van der Waals surface area contributed by atoms with Gasteiger partial charge >= 0.3 is 11.8 Å². The number of hydrogen-bond acceptors (Lipinski definition) is 4. The topological polar surface area (TPSA) is 78.9 Å². The van der Waals surface area contributed by atoms with Crippen molar-refractivity contribution in [3.63, 3.8) is 0 Å². The largest absolute Gasteiger partial charge is 0.341 e. The molecule has 2 heterocycles. The number of amides is 2. The summed E-state index contributed by atoms with van der Waals surface area (Å²) in [5.74, 6) is -3.21. The third-order valence-corrected chi connectivity index (χ3v) is 6.05. The molecule has 1 aromatic rings. The van der Waals surface area contributed by atoms with Crippen molar-refractivity contribution in [1.82, 2.24) is 10.2 Å². The van der Waals surface area contributed by atoms with E-state index < -0.39 is 23.8 Å². The molecule has 0 spiro atoms. The van der Waals surface area contributed by atoms with E-state index in [4.69, 9.17) is 4.74 Å². The molecule has 3 aliphatic rings. The molecule has 0 unspecified atom stereocenters. The smallest absolute Gasteiger partial charge is 0.337 e. The fourth-order valence-corrected chi connectivity index (χ4v) is 4.79. The fraction of sp³-hybridized carbons (Fsp3) is 0.455. The van der Waals surface area contributed by atoms with E-state index in [0.717, 1.165) is 24.8 Å². The zero-order valence-electron chi connectivity index (χ0n) is 16.2. The normalized spacial score (nSPS) is 37.0. The number of rotatable bonds is 2. The molecule has 28 heavy (non-hydrogen) atoms. The zero-order valence-corrected chi connectivity index (χ0v) is 16.2. The van der Waals surface area contributed by atoms with Gasteiger partial charge in [0.2, 0.25) is 0 Å². The summed E-state index contributed by atoms with van der Waals surface area (Å²) in [6.45, 7) is 3.96. The van der Waals surface area contributed by atoms with Crippen molar-refractivity contribution >= 4 is 17.9 Å². The van der Waals surface area contributed by atoms with Crippen molar-refractivity contribution in [2.24, 2.45) is 11.8 Å². The molecule has 1 aliphatic carbocycles. The highest BCUT2D eigenvalue weighted by atomic mass is 16.7. The van der Waals surface area contributed by atoms with Crippen LogP contribution in [0.25, 0.3) is 6.08 Å². The summed E-state index contributed by atoms with van der Waals surface area (Å²) in [7, 11) is 0. The molecule has 6 heteroatoms. The summed E-state index contributed by atoms with van der Waals surface area (Å²) in [4.78, 5) is 27.5. The number of benzene rings is 1. The maximum atomic E-state index is 13.4. The molecule has 1 aromatic carbocycles. The van der Waals surface area contributed by atoms with Crippen molar-refractivity contribution in [3.8, 4) is 0 Å². The Balaban J connectivity index is 1.77. The van der Waals surface area contributed by atoms with Crippen LogP contribution in [-0.4, -0.2) is 39.9 Å². The molecule has 2 saturated heterocycles. The van der Waals surface area contributed by atoms with Gasteiger partial charge in [-0.3, -0.25) is 14.5 Å². The molecule has 0 bridgehead atoms. The maximum absolute atomic E-state index is 13.4. The van der Waals surface area contributed by atoms with Crippen LogP contribution in [0.1, 0.15) is 38.7 Å². The summed E-state index contributed by atoms with van der Waals surface area (Å²) < 4.78 is 5.85. The second-order valence-corrected chi connectivity index (χ2v) is 7.88. The van der Waals surface area contributed by atoms with E-state index in [9.17, 15) is 14.7 Å². The Morgan fingerprint density at radius 3 is 2.71 bits per heavy atom. The average Bonchev–Trinajstić information content (AvgIpc) is 2.68. The van der Waals surface area contributed by atoms with Crippen LogP contribution in [0.3, 0.4) is 0 Å². The quantitative estimate of drug-likeness (QED) is 0.608. The Labute approximate surface area is 164 Å². The lowest BCUT2D eigenvalue weighted by molar-refractivity contribution is -0.330. The minimum atomic E-state index is -2.29. The van der Waals surface area contributed by atoms with E-state index in [1.54, 1.807) is 6.08 Å². The number of nitrogens with one attached hydrogen (secondary N) is 1. The molecule has 2 amide bonds. The van der Waals surface area contributed by atoms with Crippen LogP contribution in [0.15, 0.2) is 48.2 Å². The highest BCUT2D eigenvalue weighted by Gasteiger charge is 2.62. The lowest BCUT2D eigenvalue weighted by Gasteiger charge is -2.57. The van der Waals surface area contributed by atoms with Gasteiger partial charge in [0.15, 0.2) is 0 Å². The highest BCUT2D eigenvalue weighted by molar-refractivity contribution is 6.08. The van der Waals surface area contributed by atoms with E-state index in [1.165, 1.54) is 4.90 Å². The number of fused-ring (bicyclic) bond motifs is 3. The van der Waals surface area contributed by atoms with Crippen molar-refractivity contribution in [2.45, 2.75) is 51.2 Å². The first-order chi connectivity index (χ1) is 13.5. The van der Waals surface area contributed by atoms with Gasteiger partial charge in [0.25, 0.3) is 5.91 Å². The molecule has 1 saturated carbocycles. The summed E-state index contributed by atoms with van der Waals surface area (Å²) in [6, 6.07) is 9.07. The first-order valence-electron chi connectivity index (χ1n) is 9.90. The number of allylic oxidation sites excluding steroid dienone is 1. The molecule has 3 fully saturated rings. The SMILES string of the molecule is C/C=C/[C@@H]1O[C@@]2(O)C(=O)N/C(=C\c3ccccc3)C(=O)N2[C@@H]2[C@H]1CCC[C@H]2C. The molecule has 2 N–H and O–H groups in total. The van der Waals surface area contributed by atoms with Crippen LogP contribution in [-0.2, 0) is 14.3 Å². The third-order valence-electron chi connectivity index (χ3n) is 6.05. The van der Waals surface area contributed by atoms with Gasteiger partial charge < -0.3 is 15.2 Å². The van der Waals surface area contributed by atoms with Crippen LogP contribution in [0.5, 0.6) is 0 Å². The van der Waals surface area contributed by atoms with Gasteiger partial charge in [-0.2, -0.15) is 0 Å². The van der Waals surface area contributed by atoms with Gasteiger partial charge in [0.1, 0.15) is 5.70 Å². The minimum absolute atomic E-state index is 0.0491. The number of nitrogens with zero attached hydrogens (tertiary/aromatic N) is 1. The number of hydrogen-bond donors (Lipinski definition) is 2. The van der Waals surface area contributed by atoms with Crippen LogP contribution >= 0.6 is 0 Å².